The van der Waals surface area contributed by atoms with Crippen LogP contribution in [0.3, 0.4) is 0 Å². The lowest BCUT2D eigenvalue weighted by Crippen LogP contribution is -2.53. The fraction of sp³-hybridized carbons (Fsp3) is 0.0769. The second-order valence-corrected chi connectivity index (χ2v) is 7.66. The first-order valence-corrected chi connectivity index (χ1v) is 10.6. The number of hydrogen-bond donors (Lipinski definition) is 1. The molecule has 1 N–H and O–H groups in total. The van der Waals surface area contributed by atoms with Crippen LogP contribution >= 0.6 is 12.2 Å². The predicted molar refractivity (Wildman–Crippen MR) is 130 cm³/mol. The largest absolute Gasteiger partial charge is 0.488 e. The molecule has 6 nitrogen and oxygen atoms in total. The fourth-order valence-corrected chi connectivity index (χ4v) is 3.84. The molecule has 0 spiro atoms. The Morgan fingerprint density at radius 2 is 1.85 bits per heavy atom. The zero-order valence-electron chi connectivity index (χ0n) is 17.6. The maximum absolute atomic E-state index is 13.0. The monoisotopic (exact) mass is 453 g/mol. The number of nitrogens with zero attached hydrogens (tertiary/aromatic N) is 2. The van der Waals surface area contributed by atoms with E-state index in [0.29, 0.717) is 16.9 Å². The number of amides is 2. The van der Waals surface area contributed by atoms with Crippen molar-refractivity contribution in [3.05, 3.63) is 95.6 Å². The number of carbonyl (C=O) groups is 2. The quantitative estimate of drug-likeness (QED) is 0.263. The molecular formula is C26H19N3O3S. The van der Waals surface area contributed by atoms with Crippen LogP contribution in [0.15, 0.2) is 78.9 Å². The number of nitrogens with one attached hydrogen (secondary N) is 1. The standard InChI is InChI=1S/C26H19N3O3S/c1-2-13-29-25(31)22(24(30)28-26(29)33)14-21-20-10-6-5-7-17(20)11-12-23(21)32-16-19-9-4-3-8-18(19)15-27/h2-12,14H,1,13,16H2,(H,28,30,33)/b22-14-. The van der Waals surface area contributed by atoms with Gasteiger partial charge in [0.2, 0.25) is 0 Å². The molecule has 7 heteroatoms. The number of carbonyl (C=O) groups excluding carboxylic acids is 2. The summed E-state index contributed by atoms with van der Waals surface area (Å²) in [6.07, 6.45) is 3.07. The lowest BCUT2D eigenvalue weighted by atomic mass is 9.99. The van der Waals surface area contributed by atoms with E-state index in [2.05, 4.69) is 18.0 Å². The summed E-state index contributed by atoms with van der Waals surface area (Å²) in [5.74, 6) is -0.589. The summed E-state index contributed by atoms with van der Waals surface area (Å²) < 4.78 is 6.09. The van der Waals surface area contributed by atoms with Crippen molar-refractivity contribution in [1.82, 2.24) is 10.2 Å². The Morgan fingerprint density at radius 1 is 1.09 bits per heavy atom. The number of ether oxygens (including phenoxy) is 1. The zero-order valence-corrected chi connectivity index (χ0v) is 18.4. The molecule has 3 aromatic carbocycles. The molecule has 0 radical (unpaired) electrons. The van der Waals surface area contributed by atoms with Crippen molar-refractivity contribution in [2.24, 2.45) is 0 Å². The molecule has 0 unspecified atom stereocenters. The summed E-state index contributed by atoms with van der Waals surface area (Å²) in [5, 5.41) is 13.7. The normalized spacial score (nSPS) is 14.8. The Balaban J connectivity index is 1.79. The maximum Gasteiger partial charge on any atom is 0.265 e. The minimum atomic E-state index is -0.570. The molecule has 0 atom stereocenters. The van der Waals surface area contributed by atoms with Crippen LogP contribution in [0.2, 0.25) is 0 Å². The first-order chi connectivity index (χ1) is 16.0. The molecule has 1 fully saturated rings. The molecule has 0 aromatic heterocycles. The van der Waals surface area contributed by atoms with Crippen LogP contribution in [-0.2, 0) is 16.2 Å². The SMILES string of the molecule is C=CCN1C(=O)/C(=C\c2c(OCc3ccccc3C#N)ccc3ccccc23)C(=O)NC1=S. The van der Waals surface area contributed by atoms with Gasteiger partial charge >= 0.3 is 0 Å². The molecular weight excluding hydrogens is 434 g/mol. The van der Waals surface area contributed by atoms with Gasteiger partial charge in [0.25, 0.3) is 11.8 Å². The first kappa shape index (κ1) is 21.9. The van der Waals surface area contributed by atoms with Crippen LogP contribution in [-0.4, -0.2) is 28.4 Å². The Labute approximate surface area is 196 Å². The third kappa shape index (κ3) is 4.38. The second-order valence-electron chi connectivity index (χ2n) is 7.28. The van der Waals surface area contributed by atoms with E-state index in [1.54, 1.807) is 24.3 Å². The van der Waals surface area contributed by atoms with Gasteiger partial charge in [-0.05, 0) is 41.2 Å². The Bertz CT molecular complexity index is 1370. The van der Waals surface area contributed by atoms with E-state index >= 15 is 0 Å². The summed E-state index contributed by atoms with van der Waals surface area (Å²) in [4.78, 5) is 27.0. The van der Waals surface area contributed by atoms with Gasteiger partial charge in [0.15, 0.2) is 5.11 Å². The van der Waals surface area contributed by atoms with Crippen molar-refractivity contribution in [2.45, 2.75) is 6.61 Å². The van der Waals surface area contributed by atoms with Crippen molar-refractivity contribution in [1.29, 1.82) is 5.26 Å². The molecule has 0 aliphatic carbocycles. The topological polar surface area (TPSA) is 82.4 Å². The van der Waals surface area contributed by atoms with Crippen LogP contribution in [0.25, 0.3) is 16.8 Å². The highest BCUT2D eigenvalue weighted by Gasteiger charge is 2.33. The highest BCUT2D eigenvalue weighted by Crippen LogP contribution is 2.32. The fourth-order valence-electron chi connectivity index (χ4n) is 3.59. The lowest BCUT2D eigenvalue weighted by Gasteiger charge is -2.28. The molecule has 1 heterocycles. The number of nitriles is 1. The number of benzene rings is 3. The molecule has 1 saturated heterocycles. The number of hydrogen-bond acceptors (Lipinski definition) is 5. The summed E-state index contributed by atoms with van der Waals surface area (Å²) in [6, 6.07) is 20.7. The summed E-state index contributed by atoms with van der Waals surface area (Å²) in [6.45, 7) is 3.98. The van der Waals surface area contributed by atoms with E-state index in [9.17, 15) is 14.9 Å². The second kappa shape index (κ2) is 9.47. The lowest BCUT2D eigenvalue weighted by molar-refractivity contribution is -0.128. The van der Waals surface area contributed by atoms with Crippen LogP contribution in [0.5, 0.6) is 5.75 Å². The van der Waals surface area contributed by atoms with E-state index < -0.39 is 11.8 Å². The maximum atomic E-state index is 13.0. The number of thiocarbonyl (C=S) groups is 1. The van der Waals surface area contributed by atoms with Gasteiger partial charge in [0, 0.05) is 17.7 Å². The van der Waals surface area contributed by atoms with Gasteiger partial charge in [-0.2, -0.15) is 5.26 Å². The predicted octanol–water partition coefficient (Wildman–Crippen LogP) is 4.10. The summed E-state index contributed by atoms with van der Waals surface area (Å²) in [5.41, 5.74) is 1.80. The smallest absolute Gasteiger partial charge is 0.265 e. The molecule has 162 valence electrons. The molecule has 4 rings (SSSR count). The van der Waals surface area contributed by atoms with Crippen LogP contribution in [0.4, 0.5) is 0 Å². The summed E-state index contributed by atoms with van der Waals surface area (Å²) >= 11 is 5.13. The molecule has 0 bridgehead atoms. The van der Waals surface area contributed by atoms with Gasteiger partial charge in [0.1, 0.15) is 17.9 Å². The molecule has 0 saturated carbocycles. The van der Waals surface area contributed by atoms with Crippen molar-refractivity contribution in [3.8, 4) is 11.8 Å². The van der Waals surface area contributed by atoms with Gasteiger partial charge < -0.3 is 4.74 Å². The summed E-state index contributed by atoms with van der Waals surface area (Å²) in [7, 11) is 0. The van der Waals surface area contributed by atoms with Crippen LogP contribution in [0.1, 0.15) is 16.7 Å². The number of fused-ring (bicyclic) bond motifs is 1. The van der Waals surface area contributed by atoms with Gasteiger partial charge in [-0.3, -0.25) is 19.8 Å². The Morgan fingerprint density at radius 3 is 2.64 bits per heavy atom. The third-order valence-corrected chi connectivity index (χ3v) is 5.56. The van der Waals surface area contributed by atoms with Gasteiger partial charge in [-0.25, -0.2) is 0 Å². The Kier molecular flexibility index (Phi) is 6.29. The van der Waals surface area contributed by atoms with E-state index in [-0.39, 0.29) is 23.8 Å². The average molecular weight is 454 g/mol. The van der Waals surface area contributed by atoms with Crippen molar-refractivity contribution >= 4 is 46.0 Å². The van der Waals surface area contributed by atoms with E-state index in [4.69, 9.17) is 17.0 Å². The average Bonchev–Trinajstić information content (AvgIpc) is 2.83. The van der Waals surface area contributed by atoms with E-state index in [1.807, 2.05) is 42.5 Å². The molecule has 3 aromatic rings. The minimum Gasteiger partial charge on any atom is -0.488 e. The molecule has 2 amide bonds. The van der Waals surface area contributed by atoms with Crippen molar-refractivity contribution < 1.29 is 14.3 Å². The third-order valence-electron chi connectivity index (χ3n) is 5.24. The van der Waals surface area contributed by atoms with Gasteiger partial charge in [0.05, 0.1) is 11.6 Å². The Hall–Kier alpha value is -4.28. The van der Waals surface area contributed by atoms with Crippen LogP contribution < -0.4 is 10.1 Å². The van der Waals surface area contributed by atoms with Crippen molar-refractivity contribution in [2.75, 3.05) is 6.54 Å². The molecule has 33 heavy (non-hydrogen) atoms. The van der Waals surface area contributed by atoms with Crippen molar-refractivity contribution in [3.63, 3.8) is 0 Å². The first-order valence-electron chi connectivity index (χ1n) is 10.2. The highest BCUT2D eigenvalue weighted by molar-refractivity contribution is 7.80. The molecule has 1 aliphatic heterocycles. The molecule has 1 aliphatic rings. The highest BCUT2D eigenvalue weighted by atomic mass is 32.1. The zero-order chi connectivity index (χ0) is 23.4. The van der Waals surface area contributed by atoms with E-state index in [1.165, 1.54) is 11.0 Å². The van der Waals surface area contributed by atoms with Gasteiger partial charge in [-0.1, -0.05) is 54.6 Å². The number of rotatable bonds is 6. The van der Waals surface area contributed by atoms with Gasteiger partial charge in [-0.15, -0.1) is 6.58 Å². The van der Waals surface area contributed by atoms with E-state index in [0.717, 1.165) is 16.3 Å². The van der Waals surface area contributed by atoms with Crippen LogP contribution in [0, 0.1) is 11.3 Å². The minimum absolute atomic E-state index is 0.0459.